The molecule has 1 atom stereocenters. The number of rotatable bonds is 6. The van der Waals surface area contributed by atoms with Crippen molar-refractivity contribution in [3.8, 4) is 0 Å². The highest BCUT2D eigenvalue weighted by molar-refractivity contribution is 7.89. The molecule has 2 aromatic rings. The van der Waals surface area contributed by atoms with Gasteiger partial charge in [0.2, 0.25) is 10.0 Å². The third kappa shape index (κ3) is 4.91. The molecule has 0 amide bonds. The number of halogens is 1. The lowest BCUT2D eigenvalue weighted by Crippen LogP contribution is -2.48. The quantitative estimate of drug-likeness (QED) is 0.715. The van der Waals surface area contributed by atoms with Gasteiger partial charge in [-0.05, 0) is 47.7 Å². The second-order valence-corrected chi connectivity index (χ2v) is 9.56. The van der Waals surface area contributed by atoms with Gasteiger partial charge in [0, 0.05) is 37.7 Å². The Morgan fingerprint density at radius 2 is 1.70 bits per heavy atom. The Labute approximate surface area is 167 Å². The molecule has 0 aromatic heterocycles. The molecule has 0 radical (unpaired) electrons. The molecule has 4 nitrogen and oxygen atoms in total. The Hall–Kier alpha value is -1.40. The minimum atomic E-state index is -3.43. The van der Waals surface area contributed by atoms with Crippen LogP contribution >= 0.6 is 11.6 Å². The summed E-state index contributed by atoms with van der Waals surface area (Å²) in [5.74, 6) is 0.441. The predicted octanol–water partition coefficient (Wildman–Crippen LogP) is 4.36. The second kappa shape index (κ2) is 8.74. The van der Waals surface area contributed by atoms with Crippen molar-refractivity contribution in [1.29, 1.82) is 0 Å². The second-order valence-electron chi connectivity index (χ2n) is 7.19. The van der Waals surface area contributed by atoms with Crippen LogP contribution in [0.4, 0.5) is 0 Å². The molecule has 2 aromatic carbocycles. The molecule has 0 unspecified atom stereocenters. The molecule has 0 spiro atoms. The normalized spacial score (nSPS) is 17.7. The van der Waals surface area contributed by atoms with Gasteiger partial charge in [-0.3, -0.25) is 4.90 Å². The molecule has 1 aliphatic rings. The minimum absolute atomic E-state index is 0.387. The van der Waals surface area contributed by atoms with Crippen LogP contribution in [0.5, 0.6) is 0 Å². The summed E-state index contributed by atoms with van der Waals surface area (Å²) in [6.45, 7) is 7.54. The van der Waals surface area contributed by atoms with Gasteiger partial charge in [-0.1, -0.05) is 49.7 Å². The molecule has 0 bridgehead atoms. The van der Waals surface area contributed by atoms with E-state index in [1.54, 1.807) is 16.4 Å². The van der Waals surface area contributed by atoms with E-state index < -0.39 is 10.0 Å². The third-order valence-electron chi connectivity index (χ3n) is 5.33. The maximum Gasteiger partial charge on any atom is 0.243 e. The topological polar surface area (TPSA) is 40.6 Å². The Balaban J connectivity index is 1.62. The van der Waals surface area contributed by atoms with Crippen LogP contribution < -0.4 is 0 Å². The van der Waals surface area contributed by atoms with Gasteiger partial charge in [-0.2, -0.15) is 4.31 Å². The van der Waals surface area contributed by atoms with Crippen molar-refractivity contribution in [2.75, 3.05) is 26.2 Å². The summed E-state index contributed by atoms with van der Waals surface area (Å²) in [6, 6.07) is 15.2. The highest BCUT2D eigenvalue weighted by Crippen LogP contribution is 2.23. The van der Waals surface area contributed by atoms with Gasteiger partial charge in [0.05, 0.1) is 4.90 Å². The van der Waals surface area contributed by atoms with Crippen molar-refractivity contribution in [3.05, 3.63) is 64.7 Å². The summed E-state index contributed by atoms with van der Waals surface area (Å²) >= 11 is 6.05. The van der Waals surface area contributed by atoms with Gasteiger partial charge in [-0.25, -0.2) is 8.42 Å². The molecule has 1 fully saturated rings. The van der Waals surface area contributed by atoms with Gasteiger partial charge in [0.1, 0.15) is 0 Å². The maximum atomic E-state index is 12.9. The van der Waals surface area contributed by atoms with Crippen molar-refractivity contribution in [1.82, 2.24) is 9.21 Å². The van der Waals surface area contributed by atoms with E-state index in [4.69, 9.17) is 11.6 Å². The molecular formula is C21H27ClN2O2S. The number of hydrogen-bond donors (Lipinski definition) is 0. The van der Waals surface area contributed by atoms with Crippen LogP contribution in [-0.2, 0) is 16.6 Å². The van der Waals surface area contributed by atoms with Crippen molar-refractivity contribution in [2.45, 2.75) is 37.6 Å². The summed E-state index contributed by atoms with van der Waals surface area (Å²) < 4.78 is 27.5. The molecule has 146 valence electrons. The first-order valence-corrected chi connectivity index (χ1v) is 11.3. The highest BCUT2D eigenvalue weighted by Gasteiger charge is 2.28. The van der Waals surface area contributed by atoms with Crippen LogP contribution in [0.1, 0.15) is 37.3 Å². The number of sulfonamides is 1. The fourth-order valence-electron chi connectivity index (χ4n) is 3.37. The molecule has 0 N–H and O–H groups in total. The van der Waals surface area contributed by atoms with Gasteiger partial charge in [-0.15, -0.1) is 0 Å². The monoisotopic (exact) mass is 406 g/mol. The lowest BCUT2D eigenvalue weighted by Gasteiger charge is -2.34. The van der Waals surface area contributed by atoms with E-state index in [0.29, 0.717) is 23.9 Å². The predicted molar refractivity (Wildman–Crippen MR) is 111 cm³/mol. The van der Waals surface area contributed by atoms with Gasteiger partial charge in [0.25, 0.3) is 0 Å². The fourth-order valence-corrected chi connectivity index (χ4v) is 5.01. The van der Waals surface area contributed by atoms with E-state index in [1.165, 1.54) is 5.56 Å². The first-order chi connectivity index (χ1) is 12.9. The Morgan fingerprint density at radius 1 is 1.04 bits per heavy atom. The van der Waals surface area contributed by atoms with Gasteiger partial charge >= 0.3 is 0 Å². The zero-order chi connectivity index (χ0) is 19.4. The van der Waals surface area contributed by atoms with E-state index in [1.807, 2.05) is 36.4 Å². The summed E-state index contributed by atoms with van der Waals surface area (Å²) in [6.07, 6.45) is 1.04. The van der Waals surface area contributed by atoms with E-state index in [9.17, 15) is 8.42 Å². The summed E-state index contributed by atoms with van der Waals surface area (Å²) in [7, 11) is -3.43. The third-order valence-corrected chi connectivity index (χ3v) is 7.47. The van der Waals surface area contributed by atoms with Crippen LogP contribution in [0.15, 0.2) is 53.4 Å². The molecule has 1 aliphatic heterocycles. The Kier molecular flexibility index (Phi) is 6.58. The minimum Gasteiger partial charge on any atom is -0.296 e. The largest absolute Gasteiger partial charge is 0.296 e. The first kappa shape index (κ1) is 20.3. The number of piperazine rings is 1. The molecule has 3 rings (SSSR count). The summed E-state index contributed by atoms with van der Waals surface area (Å²) in [4.78, 5) is 2.65. The van der Waals surface area contributed by atoms with E-state index in [0.717, 1.165) is 36.6 Å². The summed E-state index contributed by atoms with van der Waals surface area (Å²) in [5, 5.41) is 0.731. The maximum absolute atomic E-state index is 12.9. The molecule has 1 heterocycles. The van der Waals surface area contributed by atoms with Crippen molar-refractivity contribution >= 4 is 21.6 Å². The number of benzene rings is 2. The van der Waals surface area contributed by atoms with Gasteiger partial charge < -0.3 is 0 Å². The molecule has 1 saturated heterocycles. The smallest absolute Gasteiger partial charge is 0.243 e. The number of nitrogens with zero attached hydrogens (tertiary/aromatic N) is 2. The lowest BCUT2D eigenvalue weighted by atomic mass is 9.99. The number of hydrogen-bond acceptors (Lipinski definition) is 3. The summed E-state index contributed by atoms with van der Waals surface area (Å²) in [5.41, 5.74) is 2.34. The molecular weight excluding hydrogens is 380 g/mol. The fraction of sp³-hybridized carbons (Fsp3) is 0.429. The van der Waals surface area contributed by atoms with E-state index >= 15 is 0 Å². The van der Waals surface area contributed by atoms with Gasteiger partial charge in [0.15, 0.2) is 0 Å². The van der Waals surface area contributed by atoms with Crippen LogP contribution in [0.2, 0.25) is 5.02 Å². The average molecular weight is 407 g/mol. The Bertz CT molecular complexity index is 860. The first-order valence-electron chi connectivity index (χ1n) is 9.47. The van der Waals surface area contributed by atoms with Crippen molar-refractivity contribution < 1.29 is 8.42 Å². The van der Waals surface area contributed by atoms with Crippen molar-refractivity contribution in [3.63, 3.8) is 0 Å². The molecule has 0 aliphatic carbocycles. The van der Waals surface area contributed by atoms with Crippen molar-refractivity contribution in [2.24, 2.45) is 0 Å². The SMILES string of the molecule is CC[C@H](C)c1ccc(S(=O)(=O)N2CCN(Cc3cccc(Cl)c3)CC2)cc1. The van der Waals surface area contributed by atoms with Crippen LogP contribution in [0, 0.1) is 0 Å². The molecule has 0 saturated carbocycles. The van der Waals surface area contributed by atoms with Crippen LogP contribution in [0.25, 0.3) is 0 Å². The Morgan fingerprint density at radius 3 is 2.30 bits per heavy atom. The average Bonchev–Trinajstić information content (AvgIpc) is 2.68. The molecule has 27 heavy (non-hydrogen) atoms. The van der Waals surface area contributed by atoms with Crippen LogP contribution in [0.3, 0.4) is 0 Å². The molecule has 6 heteroatoms. The zero-order valence-electron chi connectivity index (χ0n) is 15.9. The van der Waals surface area contributed by atoms with E-state index in [2.05, 4.69) is 18.7 Å². The van der Waals surface area contributed by atoms with Crippen LogP contribution in [-0.4, -0.2) is 43.8 Å². The lowest BCUT2D eigenvalue weighted by molar-refractivity contribution is 0.181. The van der Waals surface area contributed by atoms with E-state index in [-0.39, 0.29) is 0 Å². The zero-order valence-corrected chi connectivity index (χ0v) is 17.5. The standard InChI is InChI=1S/C21H27ClN2O2S/c1-3-17(2)19-7-9-21(10-8-19)27(25,26)24-13-11-23(12-14-24)16-18-5-4-6-20(22)15-18/h4-10,15,17H,3,11-14,16H2,1-2H3/t17-/m0/s1. The highest BCUT2D eigenvalue weighted by atomic mass is 35.5.